The van der Waals surface area contributed by atoms with Crippen LogP contribution in [0.25, 0.3) is 0 Å². The standard InChI is InChI=1S/C32H48F2O6/c1-2-3-20-32(33,34)29(36)19-18-26-25(27(35)22-28(26)40-31-17-11-12-21-38-31)15-9-4-5-10-16-30(37)39-23-24-13-7-6-8-14-24/h4,6-9,13-14,25-29,31,35-36H,2-3,5,10-12,15-23H2,1H3/t25-,26-,27+,28?,29?,31?/m1/s1. The summed E-state index contributed by atoms with van der Waals surface area (Å²) in [5.41, 5.74) is 0.954. The first-order valence-corrected chi connectivity index (χ1v) is 15.2. The Bertz CT molecular complexity index is 873. The maximum Gasteiger partial charge on any atom is 0.306 e. The minimum Gasteiger partial charge on any atom is -0.461 e. The fourth-order valence-electron chi connectivity index (χ4n) is 5.74. The van der Waals surface area contributed by atoms with Gasteiger partial charge in [-0.25, -0.2) is 8.78 Å². The molecule has 0 aromatic heterocycles. The lowest BCUT2D eigenvalue weighted by Gasteiger charge is -2.31. The van der Waals surface area contributed by atoms with E-state index < -0.39 is 18.1 Å². The minimum atomic E-state index is -3.12. The Morgan fingerprint density at radius 3 is 2.70 bits per heavy atom. The molecule has 1 heterocycles. The van der Waals surface area contributed by atoms with Crippen LogP contribution in [0.2, 0.25) is 0 Å². The van der Waals surface area contributed by atoms with Gasteiger partial charge in [0.25, 0.3) is 5.92 Å². The number of hydrogen-bond acceptors (Lipinski definition) is 6. The maximum atomic E-state index is 14.4. The minimum absolute atomic E-state index is 0.0369. The Kier molecular flexibility index (Phi) is 14.0. The molecule has 6 nitrogen and oxygen atoms in total. The second-order valence-electron chi connectivity index (χ2n) is 11.3. The van der Waals surface area contributed by atoms with Crippen molar-refractivity contribution in [1.82, 2.24) is 0 Å². The molecule has 226 valence electrons. The van der Waals surface area contributed by atoms with Crippen LogP contribution < -0.4 is 0 Å². The van der Waals surface area contributed by atoms with Crippen LogP contribution in [0.1, 0.15) is 96.0 Å². The molecule has 1 aliphatic carbocycles. The Labute approximate surface area is 238 Å². The first-order valence-electron chi connectivity index (χ1n) is 15.2. The molecule has 2 N–H and O–H groups in total. The van der Waals surface area contributed by atoms with Crippen molar-refractivity contribution in [2.45, 2.75) is 128 Å². The molecule has 1 saturated heterocycles. The number of allylic oxidation sites excluding steroid dienone is 2. The molecule has 3 unspecified atom stereocenters. The van der Waals surface area contributed by atoms with Gasteiger partial charge in [0, 0.05) is 25.9 Å². The highest BCUT2D eigenvalue weighted by Gasteiger charge is 2.45. The van der Waals surface area contributed by atoms with Crippen LogP contribution in [-0.4, -0.2) is 53.3 Å². The lowest BCUT2D eigenvalue weighted by molar-refractivity contribution is -0.197. The monoisotopic (exact) mass is 566 g/mol. The summed E-state index contributed by atoms with van der Waals surface area (Å²) in [5, 5.41) is 21.2. The summed E-state index contributed by atoms with van der Waals surface area (Å²) in [4.78, 5) is 12.0. The van der Waals surface area contributed by atoms with Crippen LogP contribution in [0.3, 0.4) is 0 Å². The van der Waals surface area contributed by atoms with Gasteiger partial charge in [-0.05, 0) is 75.2 Å². The van der Waals surface area contributed by atoms with Crippen LogP contribution in [-0.2, 0) is 25.6 Å². The molecule has 1 aromatic carbocycles. The van der Waals surface area contributed by atoms with Gasteiger partial charge in [-0.1, -0.05) is 55.8 Å². The van der Waals surface area contributed by atoms with Crippen molar-refractivity contribution < 1.29 is 38.0 Å². The van der Waals surface area contributed by atoms with Crippen LogP contribution in [0, 0.1) is 11.8 Å². The summed E-state index contributed by atoms with van der Waals surface area (Å²) in [7, 11) is 0. The average Bonchev–Trinajstić information content (AvgIpc) is 3.25. The number of esters is 1. The van der Waals surface area contributed by atoms with E-state index in [1.54, 1.807) is 0 Å². The number of unbranched alkanes of at least 4 members (excludes halogenated alkanes) is 2. The second kappa shape index (κ2) is 17.2. The van der Waals surface area contributed by atoms with Crippen molar-refractivity contribution in [3.8, 4) is 0 Å². The first kappa shape index (κ1) is 32.6. The average molecular weight is 567 g/mol. The molecular weight excluding hydrogens is 518 g/mol. The van der Waals surface area contributed by atoms with Crippen LogP contribution >= 0.6 is 0 Å². The van der Waals surface area contributed by atoms with Gasteiger partial charge in [0.1, 0.15) is 12.7 Å². The number of carbonyl (C=O) groups is 1. The van der Waals surface area contributed by atoms with Gasteiger partial charge in [0.15, 0.2) is 6.29 Å². The summed E-state index contributed by atoms with van der Waals surface area (Å²) in [5.74, 6) is -3.66. The second-order valence-corrected chi connectivity index (χ2v) is 11.3. The van der Waals surface area contributed by atoms with E-state index in [1.807, 2.05) is 49.4 Å². The van der Waals surface area contributed by atoms with Crippen LogP contribution in [0.5, 0.6) is 0 Å². The molecule has 40 heavy (non-hydrogen) atoms. The van der Waals surface area contributed by atoms with E-state index in [9.17, 15) is 23.8 Å². The van der Waals surface area contributed by atoms with Crippen molar-refractivity contribution in [1.29, 1.82) is 0 Å². The smallest absolute Gasteiger partial charge is 0.306 e. The number of aliphatic hydroxyl groups excluding tert-OH is 2. The van der Waals surface area contributed by atoms with Gasteiger partial charge in [0.2, 0.25) is 0 Å². The third kappa shape index (κ3) is 10.8. The van der Waals surface area contributed by atoms with Gasteiger partial charge >= 0.3 is 5.97 Å². The zero-order valence-corrected chi connectivity index (χ0v) is 23.9. The van der Waals surface area contributed by atoms with Gasteiger partial charge in [-0.2, -0.15) is 0 Å². The van der Waals surface area contributed by atoms with Crippen molar-refractivity contribution in [3.05, 3.63) is 48.0 Å². The molecule has 2 aliphatic rings. The molecule has 3 rings (SSSR count). The Balaban J connectivity index is 1.48. The molecular formula is C32H48F2O6. The van der Waals surface area contributed by atoms with E-state index in [4.69, 9.17) is 14.2 Å². The van der Waals surface area contributed by atoms with Crippen LogP contribution in [0.15, 0.2) is 42.5 Å². The van der Waals surface area contributed by atoms with E-state index in [-0.39, 0.29) is 49.6 Å². The highest BCUT2D eigenvalue weighted by Crippen LogP contribution is 2.42. The molecule has 8 heteroatoms. The molecule has 0 bridgehead atoms. The molecule has 1 aliphatic heterocycles. The van der Waals surface area contributed by atoms with E-state index in [0.717, 1.165) is 24.8 Å². The zero-order valence-electron chi connectivity index (χ0n) is 23.9. The predicted molar refractivity (Wildman–Crippen MR) is 150 cm³/mol. The van der Waals surface area contributed by atoms with Gasteiger partial charge in [-0.15, -0.1) is 0 Å². The summed E-state index contributed by atoms with van der Waals surface area (Å²) in [6.07, 6.45) is 7.55. The third-order valence-corrected chi connectivity index (χ3v) is 8.15. The number of alkyl halides is 2. The predicted octanol–water partition coefficient (Wildman–Crippen LogP) is 6.72. The Hall–Kier alpha value is -1.87. The summed E-state index contributed by atoms with van der Waals surface area (Å²) in [6.45, 7) is 2.76. The van der Waals surface area contributed by atoms with Crippen molar-refractivity contribution in [2.75, 3.05) is 6.61 Å². The summed E-state index contributed by atoms with van der Waals surface area (Å²) >= 11 is 0. The Morgan fingerprint density at radius 2 is 1.98 bits per heavy atom. The summed E-state index contributed by atoms with van der Waals surface area (Å²) < 4.78 is 46.2. The van der Waals surface area contributed by atoms with Gasteiger partial charge < -0.3 is 24.4 Å². The summed E-state index contributed by atoms with van der Waals surface area (Å²) in [6, 6.07) is 9.56. The number of rotatable bonds is 17. The third-order valence-electron chi connectivity index (χ3n) is 8.15. The Morgan fingerprint density at radius 1 is 1.18 bits per heavy atom. The topological polar surface area (TPSA) is 85.2 Å². The molecule has 0 radical (unpaired) electrons. The molecule has 6 atom stereocenters. The highest BCUT2D eigenvalue weighted by atomic mass is 19.3. The van der Waals surface area contributed by atoms with Crippen molar-refractivity contribution >= 4 is 5.97 Å². The number of halogens is 2. The lowest BCUT2D eigenvalue weighted by Crippen LogP contribution is -2.36. The highest BCUT2D eigenvalue weighted by molar-refractivity contribution is 5.69. The quantitative estimate of drug-likeness (QED) is 0.124. The van der Waals surface area contributed by atoms with E-state index in [1.165, 1.54) is 0 Å². The van der Waals surface area contributed by atoms with Crippen LogP contribution in [0.4, 0.5) is 8.78 Å². The first-order chi connectivity index (χ1) is 19.3. The molecule has 0 amide bonds. The lowest BCUT2D eigenvalue weighted by atomic mass is 9.85. The normalized spacial score (nSPS) is 26.3. The van der Waals surface area contributed by atoms with Gasteiger partial charge in [-0.3, -0.25) is 4.79 Å². The van der Waals surface area contributed by atoms with Gasteiger partial charge in [0.05, 0.1) is 12.2 Å². The fourth-order valence-corrected chi connectivity index (χ4v) is 5.74. The molecule has 1 aromatic rings. The van der Waals surface area contributed by atoms with E-state index in [0.29, 0.717) is 58.0 Å². The molecule has 1 saturated carbocycles. The largest absolute Gasteiger partial charge is 0.461 e. The van der Waals surface area contributed by atoms with Crippen molar-refractivity contribution in [3.63, 3.8) is 0 Å². The van der Waals surface area contributed by atoms with E-state index >= 15 is 0 Å². The maximum absolute atomic E-state index is 14.4. The number of aliphatic hydroxyl groups is 2. The number of carbonyl (C=O) groups excluding carboxylic acids is 1. The number of benzene rings is 1. The molecule has 0 spiro atoms. The van der Waals surface area contributed by atoms with Crippen molar-refractivity contribution in [2.24, 2.45) is 11.8 Å². The number of ether oxygens (including phenoxy) is 3. The zero-order chi connectivity index (χ0) is 28.8. The number of hydrogen-bond donors (Lipinski definition) is 2. The fraction of sp³-hybridized carbons (Fsp3) is 0.719. The SMILES string of the molecule is CCCCC(F)(F)C(O)CC[C@H]1C(OC2CCCCO2)C[C@H](O)[C@@H]1CC=CCCCC(=O)OCc1ccccc1. The van der Waals surface area contributed by atoms with E-state index in [2.05, 4.69) is 0 Å². The molecule has 2 fully saturated rings.